The van der Waals surface area contributed by atoms with Crippen LogP contribution in [0.1, 0.15) is 15.9 Å². The van der Waals surface area contributed by atoms with Gasteiger partial charge in [0.2, 0.25) is 5.89 Å². The number of fused-ring (bicyclic) bond motifs is 1. The highest BCUT2D eigenvalue weighted by Crippen LogP contribution is 2.29. The minimum Gasteiger partial charge on any atom is -0.478 e. The first-order chi connectivity index (χ1) is 9.54. The van der Waals surface area contributed by atoms with Crippen molar-refractivity contribution < 1.29 is 14.3 Å². The minimum absolute atomic E-state index is 0.0367. The smallest absolute Gasteiger partial charge is 0.338 e. The Kier molecular flexibility index (Phi) is 2.95. The predicted molar refractivity (Wildman–Crippen MR) is 76.2 cm³/mol. The first kappa shape index (κ1) is 12.7. The number of hydrogen-bond donors (Lipinski definition) is 1. The lowest BCUT2D eigenvalue weighted by Gasteiger charge is -1.95. The van der Waals surface area contributed by atoms with Crippen molar-refractivity contribution in [3.8, 4) is 11.5 Å². The maximum absolute atomic E-state index is 11.2. The molecule has 0 unspecified atom stereocenters. The van der Waals surface area contributed by atoms with E-state index in [1.165, 1.54) is 6.07 Å². The number of carbonyl (C=O) groups is 1. The number of carboxylic acids is 1. The van der Waals surface area contributed by atoms with Gasteiger partial charge in [-0.2, -0.15) is 0 Å². The molecule has 1 N–H and O–H groups in total. The van der Waals surface area contributed by atoms with Gasteiger partial charge < -0.3 is 9.52 Å². The van der Waals surface area contributed by atoms with Crippen molar-refractivity contribution >= 4 is 28.7 Å². The summed E-state index contributed by atoms with van der Waals surface area (Å²) in [5.74, 6) is -0.703. The summed E-state index contributed by atoms with van der Waals surface area (Å²) < 4.78 is 5.61. The monoisotopic (exact) mass is 287 g/mol. The molecule has 0 aliphatic carbocycles. The highest BCUT2D eigenvalue weighted by atomic mass is 35.5. The SMILES string of the molecule is Cc1ccc(-c2nc3c(C(=O)O)cc(Cl)cc3o2)cc1. The molecule has 20 heavy (non-hydrogen) atoms. The third kappa shape index (κ3) is 2.14. The van der Waals surface area contributed by atoms with Gasteiger partial charge in [-0.25, -0.2) is 9.78 Å². The fourth-order valence-electron chi connectivity index (χ4n) is 1.98. The third-order valence-electron chi connectivity index (χ3n) is 2.99. The average molecular weight is 288 g/mol. The molecule has 5 heteroatoms. The van der Waals surface area contributed by atoms with Gasteiger partial charge in [0, 0.05) is 16.7 Å². The zero-order chi connectivity index (χ0) is 14.3. The minimum atomic E-state index is -1.08. The lowest BCUT2D eigenvalue weighted by atomic mass is 10.1. The summed E-state index contributed by atoms with van der Waals surface area (Å²) in [7, 11) is 0. The molecule has 1 aromatic heterocycles. The van der Waals surface area contributed by atoms with Crippen LogP contribution < -0.4 is 0 Å². The second-order valence-corrected chi connectivity index (χ2v) is 4.93. The van der Waals surface area contributed by atoms with Gasteiger partial charge in [0.25, 0.3) is 0 Å². The maximum Gasteiger partial charge on any atom is 0.338 e. The van der Waals surface area contributed by atoms with Crippen LogP contribution in [0.4, 0.5) is 0 Å². The van der Waals surface area contributed by atoms with E-state index in [1.54, 1.807) is 6.07 Å². The molecule has 3 rings (SSSR count). The first-order valence-electron chi connectivity index (χ1n) is 5.95. The standard InChI is InChI=1S/C15H10ClNO3/c1-8-2-4-9(5-3-8)14-17-13-11(15(18)19)6-10(16)7-12(13)20-14/h2-7H,1H3,(H,18,19). The zero-order valence-electron chi connectivity index (χ0n) is 10.6. The molecule has 2 aromatic carbocycles. The summed E-state index contributed by atoms with van der Waals surface area (Å²) in [6.07, 6.45) is 0. The third-order valence-corrected chi connectivity index (χ3v) is 3.21. The van der Waals surface area contributed by atoms with Gasteiger partial charge >= 0.3 is 5.97 Å². The molecule has 0 aliphatic heterocycles. The number of aromatic nitrogens is 1. The van der Waals surface area contributed by atoms with E-state index in [2.05, 4.69) is 4.98 Å². The van der Waals surface area contributed by atoms with Gasteiger partial charge in [0.05, 0.1) is 5.56 Å². The van der Waals surface area contributed by atoms with Crippen LogP contribution in [-0.2, 0) is 0 Å². The number of aromatic carboxylic acids is 1. The summed E-state index contributed by atoms with van der Waals surface area (Å²) in [5, 5.41) is 9.49. The average Bonchev–Trinajstić information content (AvgIpc) is 2.81. The van der Waals surface area contributed by atoms with E-state index >= 15 is 0 Å². The van der Waals surface area contributed by atoms with Gasteiger partial charge in [-0.1, -0.05) is 29.3 Å². The van der Waals surface area contributed by atoms with E-state index in [0.29, 0.717) is 22.0 Å². The summed E-state index contributed by atoms with van der Waals surface area (Å²) >= 11 is 5.89. The van der Waals surface area contributed by atoms with Crippen molar-refractivity contribution in [2.45, 2.75) is 6.92 Å². The van der Waals surface area contributed by atoms with Crippen molar-refractivity contribution in [2.24, 2.45) is 0 Å². The molecule has 0 bridgehead atoms. The summed E-state index contributed by atoms with van der Waals surface area (Å²) in [5.41, 5.74) is 2.62. The molecule has 100 valence electrons. The topological polar surface area (TPSA) is 63.3 Å². The van der Waals surface area contributed by atoms with E-state index in [0.717, 1.165) is 11.1 Å². The predicted octanol–water partition coefficient (Wildman–Crippen LogP) is 4.15. The van der Waals surface area contributed by atoms with Gasteiger partial charge in [-0.05, 0) is 25.1 Å². The molecule has 0 amide bonds. The van der Waals surface area contributed by atoms with Crippen molar-refractivity contribution in [3.05, 3.63) is 52.5 Å². The first-order valence-corrected chi connectivity index (χ1v) is 6.33. The number of halogens is 1. The lowest BCUT2D eigenvalue weighted by molar-refractivity contribution is 0.0699. The number of carboxylic acid groups (broad SMARTS) is 1. The number of benzene rings is 2. The maximum atomic E-state index is 11.2. The van der Waals surface area contributed by atoms with Crippen LogP contribution in [0, 0.1) is 6.92 Å². The van der Waals surface area contributed by atoms with Gasteiger partial charge in [0.1, 0.15) is 5.52 Å². The Morgan fingerprint density at radius 1 is 1.25 bits per heavy atom. The van der Waals surface area contributed by atoms with Crippen LogP contribution in [0.25, 0.3) is 22.6 Å². The second kappa shape index (κ2) is 4.65. The Morgan fingerprint density at radius 3 is 2.60 bits per heavy atom. The quantitative estimate of drug-likeness (QED) is 0.769. The van der Waals surface area contributed by atoms with Crippen LogP contribution in [0.3, 0.4) is 0 Å². The fraction of sp³-hybridized carbons (Fsp3) is 0.0667. The Hall–Kier alpha value is -2.33. The molecule has 1 heterocycles. The second-order valence-electron chi connectivity index (χ2n) is 4.49. The molecule has 3 aromatic rings. The van der Waals surface area contributed by atoms with E-state index in [4.69, 9.17) is 16.0 Å². The van der Waals surface area contributed by atoms with E-state index in [9.17, 15) is 9.90 Å². The molecule has 0 atom stereocenters. The molecular weight excluding hydrogens is 278 g/mol. The summed E-state index contributed by atoms with van der Waals surface area (Å²) in [6.45, 7) is 1.98. The van der Waals surface area contributed by atoms with Crippen molar-refractivity contribution in [3.63, 3.8) is 0 Å². The molecule has 0 radical (unpaired) electrons. The lowest BCUT2D eigenvalue weighted by Crippen LogP contribution is -1.97. The number of nitrogens with zero attached hydrogens (tertiary/aromatic N) is 1. The fourth-order valence-corrected chi connectivity index (χ4v) is 2.19. The largest absolute Gasteiger partial charge is 0.478 e. The van der Waals surface area contributed by atoms with Crippen LogP contribution in [0.2, 0.25) is 5.02 Å². The van der Waals surface area contributed by atoms with Crippen molar-refractivity contribution in [2.75, 3.05) is 0 Å². The van der Waals surface area contributed by atoms with Crippen molar-refractivity contribution in [1.29, 1.82) is 0 Å². The van der Waals surface area contributed by atoms with Crippen LogP contribution in [0.5, 0.6) is 0 Å². The van der Waals surface area contributed by atoms with Gasteiger partial charge in [-0.3, -0.25) is 0 Å². The molecule has 0 spiro atoms. The molecule has 4 nitrogen and oxygen atoms in total. The Labute approximate surface area is 119 Å². The molecule has 0 aliphatic rings. The zero-order valence-corrected chi connectivity index (χ0v) is 11.3. The van der Waals surface area contributed by atoms with Crippen molar-refractivity contribution in [1.82, 2.24) is 4.98 Å². The summed E-state index contributed by atoms with van der Waals surface area (Å²) in [6, 6.07) is 10.6. The Bertz CT molecular complexity index is 806. The molecule has 0 fully saturated rings. The molecule has 0 saturated carbocycles. The number of rotatable bonds is 2. The number of aryl methyl sites for hydroxylation is 1. The number of oxazole rings is 1. The normalized spacial score (nSPS) is 10.9. The van der Waals surface area contributed by atoms with E-state index < -0.39 is 5.97 Å². The molecular formula is C15H10ClNO3. The summed E-state index contributed by atoms with van der Waals surface area (Å²) in [4.78, 5) is 15.5. The highest BCUT2D eigenvalue weighted by Gasteiger charge is 2.16. The van der Waals surface area contributed by atoms with Gasteiger partial charge in [-0.15, -0.1) is 0 Å². The highest BCUT2D eigenvalue weighted by molar-refractivity contribution is 6.31. The Balaban J connectivity index is 2.22. The van der Waals surface area contributed by atoms with E-state index in [1.807, 2.05) is 31.2 Å². The van der Waals surface area contributed by atoms with Crippen LogP contribution in [0.15, 0.2) is 40.8 Å². The molecule has 0 saturated heterocycles. The number of hydrogen-bond acceptors (Lipinski definition) is 3. The van der Waals surface area contributed by atoms with Crippen LogP contribution in [-0.4, -0.2) is 16.1 Å². The van der Waals surface area contributed by atoms with Gasteiger partial charge in [0.15, 0.2) is 5.58 Å². The van der Waals surface area contributed by atoms with Crippen LogP contribution >= 0.6 is 11.6 Å². The van der Waals surface area contributed by atoms with E-state index in [-0.39, 0.29) is 5.56 Å². The Morgan fingerprint density at radius 2 is 1.95 bits per heavy atom.